The predicted octanol–water partition coefficient (Wildman–Crippen LogP) is 4.64. The Morgan fingerprint density at radius 1 is 1.10 bits per heavy atom. The number of amides is 2. The van der Waals surface area contributed by atoms with E-state index < -0.39 is 5.91 Å². The number of benzene rings is 3. The van der Waals surface area contributed by atoms with Crippen molar-refractivity contribution in [3.05, 3.63) is 89.0 Å². The van der Waals surface area contributed by atoms with Crippen molar-refractivity contribution in [1.82, 2.24) is 0 Å². The molecule has 1 heterocycles. The van der Waals surface area contributed by atoms with Crippen molar-refractivity contribution in [3.8, 4) is 6.07 Å². The molecule has 4 rings (SSSR count). The van der Waals surface area contributed by atoms with E-state index >= 15 is 0 Å². The number of aryl methyl sites for hydroxylation is 1. The van der Waals surface area contributed by atoms with Gasteiger partial charge >= 0.3 is 0 Å². The highest BCUT2D eigenvalue weighted by molar-refractivity contribution is 7.99. The van der Waals surface area contributed by atoms with E-state index in [4.69, 9.17) is 5.73 Å². The monoisotopic (exact) mass is 427 g/mol. The molecule has 0 unspecified atom stereocenters. The molecule has 1 aliphatic rings. The lowest BCUT2D eigenvalue weighted by molar-refractivity contribution is -0.117. The van der Waals surface area contributed by atoms with Gasteiger partial charge in [0.25, 0.3) is 0 Å². The van der Waals surface area contributed by atoms with Crippen LogP contribution in [0.2, 0.25) is 0 Å². The zero-order valence-electron chi connectivity index (χ0n) is 17.0. The molecule has 0 aromatic heterocycles. The van der Waals surface area contributed by atoms with E-state index in [0.29, 0.717) is 29.8 Å². The van der Waals surface area contributed by atoms with Gasteiger partial charge in [-0.25, -0.2) is 0 Å². The Hall–Kier alpha value is -3.56. The van der Waals surface area contributed by atoms with Crippen LogP contribution in [0.25, 0.3) is 0 Å². The number of nitriles is 1. The third kappa shape index (κ3) is 4.32. The maximum atomic E-state index is 12.7. The molecule has 0 saturated carbocycles. The van der Waals surface area contributed by atoms with Crippen LogP contribution in [-0.4, -0.2) is 18.4 Å². The van der Waals surface area contributed by atoms with E-state index in [9.17, 15) is 14.9 Å². The van der Waals surface area contributed by atoms with Gasteiger partial charge in [-0.2, -0.15) is 5.26 Å². The number of hydrogen-bond acceptors (Lipinski definition) is 4. The van der Waals surface area contributed by atoms with Crippen molar-refractivity contribution in [3.63, 3.8) is 0 Å². The summed E-state index contributed by atoms with van der Waals surface area (Å²) in [5.41, 5.74) is 9.23. The molecule has 0 radical (unpaired) electrons. The van der Waals surface area contributed by atoms with Crippen LogP contribution in [0.5, 0.6) is 0 Å². The predicted molar refractivity (Wildman–Crippen MR) is 121 cm³/mol. The van der Waals surface area contributed by atoms with E-state index in [0.717, 1.165) is 20.9 Å². The summed E-state index contributed by atoms with van der Waals surface area (Å²) >= 11 is 1.57. The highest BCUT2D eigenvalue weighted by atomic mass is 32.2. The molecule has 1 aliphatic heterocycles. The van der Waals surface area contributed by atoms with Crippen molar-refractivity contribution in [1.29, 1.82) is 5.26 Å². The zero-order valence-corrected chi connectivity index (χ0v) is 17.9. The Bertz CT molecular complexity index is 1220. The van der Waals surface area contributed by atoms with Crippen LogP contribution < -0.4 is 10.6 Å². The third-order valence-electron chi connectivity index (χ3n) is 5.48. The molecule has 0 spiro atoms. The minimum atomic E-state index is -0.519. The van der Waals surface area contributed by atoms with Gasteiger partial charge in [-0.3, -0.25) is 9.59 Å². The van der Waals surface area contributed by atoms with Gasteiger partial charge in [0, 0.05) is 39.9 Å². The first kappa shape index (κ1) is 20.7. The fourth-order valence-electron chi connectivity index (χ4n) is 3.77. The maximum Gasteiger partial charge on any atom is 0.248 e. The number of carbonyl (C=O) groups excluding carboxylic acids is 2. The van der Waals surface area contributed by atoms with E-state index in [1.165, 1.54) is 0 Å². The largest absolute Gasteiger partial charge is 0.366 e. The molecule has 1 saturated heterocycles. The summed E-state index contributed by atoms with van der Waals surface area (Å²) < 4.78 is 0. The Morgan fingerprint density at radius 2 is 1.90 bits per heavy atom. The molecular weight excluding hydrogens is 406 g/mol. The summed E-state index contributed by atoms with van der Waals surface area (Å²) in [5.74, 6) is -0.507. The number of primary amides is 1. The summed E-state index contributed by atoms with van der Waals surface area (Å²) in [4.78, 5) is 27.9. The number of anilines is 1. The summed E-state index contributed by atoms with van der Waals surface area (Å²) in [7, 11) is 0. The van der Waals surface area contributed by atoms with E-state index in [1.807, 2.05) is 55.5 Å². The zero-order chi connectivity index (χ0) is 22.0. The molecule has 2 N–H and O–H groups in total. The summed E-state index contributed by atoms with van der Waals surface area (Å²) in [6.07, 6.45) is 0.376. The molecule has 3 aromatic carbocycles. The van der Waals surface area contributed by atoms with Gasteiger partial charge in [0.2, 0.25) is 11.8 Å². The van der Waals surface area contributed by atoms with E-state index in [2.05, 4.69) is 6.07 Å². The molecule has 31 heavy (non-hydrogen) atoms. The van der Waals surface area contributed by atoms with Crippen molar-refractivity contribution < 1.29 is 9.59 Å². The van der Waals surface area contributed by atoms with Crippen LogP contribution in [0.15, 0.2) is 76.5 Å². The lowest BCUT2D eigenvalue weighted by Gasteiger charge is -2.18. The van der Waals surface area contributed by atoms with Gasteiger partial charge in [0.05, 0.1) is 5.56 Å². The smallest absolute Gasteiger partial charge is 0.248 e. The highest BCUT2D eigenvalue weighted by Gasteiger charge is 2.32. The van der Waals surface area contributed by atoms with Crippen molar-refractivity contribution in [2.24, 2.45) is 5.73 Å². The van der Waals surface area contributed by atoms with Crippen molar-refractivity contribution in [2.75, 3.05) is 11.4 Å². The Balaban J connectivity index is 1.61. The van der Waals surface area contributed by atoms with Gasteiger partial charge in [-0.15, -0.1) is 0 Å². The van der Waals surface area contributed by atoms with E-state index in [1.54, 1.807) is 34.9 Å². The van der Waals surface area contributed by atoms with Crippen LogP contribution in [0.3, 0.4) is 0 Å². The first-order valence-electron chi connectivity index (χ1n) is 9.94. The molecular formula is C25H21N3O2S. The van der Waals surface area contributed by atoms with Crippen LogP contribution in [0.1, 0.15) is 39.4 Å². The van der Waals surface area contributed by atoms with Crippen molar-refractivity contribution in [2.45, 2.75) is 29.1 Å². The quantitative estimate of drug-likeness (QED) is 0.643. The third-order valence-corrected chi connectivity index (χ3v) is 6.71. The SMILES string of the molecule is Cc1ccccc1Sc1cc([C@H]2CC(=O)N(c3cccc(C(N)=O)c3)C2)ccc1C#N. The van der Waals surface area contributed by atoms with Crippen LogP contribution in [-0.2, 0) is 4.79 Å². The number of nitrogens with two attached hydrogens (primary N) is 1. The molecule has 0 bridgehead atoms. The minimum absolute atomic E-state index is 0.00378. The Kier molecular flexibility index (Phi) is 5.79. The van der Waals surface area contributed by atoms with Gasteiger partial charge < -0.3 is 10.6 Å². The minimum Gasteiger partial charge on any atom is -0.366 e. The average Bonchev–Trinajstić information content (AvgIpc) is 3.17. The topological polar surface area (TPSA) is 87.2 Å². The molecule has 3 aromatic rings. The van der Waals surface area contributed by atoms with Crippen LogP contribution in [0, 0.1) is 18.3 Å². The number of hydrogen-bond donors (Lipinski definition) is 1. The second-order valence-electron chi connectivity index (χ2n) is 7.55. The second kappa shape index (κ2) is 8.66. The van der Waals surface area contributed by atoms with Crippen LogP contribution in [0.4, 0.5) is 5.69 Å². The van der Waals surface area contributed by atoms with E-state index in [-0.39, 0.29) is 11.8 Å². The van der Waals surface area contributed by atoms with Crippen LogP contribution >= 0.6 is 11.8 Å². The lowest BCUT2D eigenvalue weighted by Crippen LogP contribution is -2.24. The summed E-state index contributed by atoms with van der Waals surface area (Å²) in [6.45, 7) is 2.56. The summed E-state index contributed by atoms with van der Waals surface area (Å²) in [5, 5.41) is 9.56. The average molecular weight is 428 g/mol. The maximum absolute atomic E-state index is 12.7. The molecule has 0 aliphatic carbocycles. The standard InChI is InChI=1S/C25H21N3O2S/c1-16-5-2-3-8-22(16)31-23-12-17(9-10-19(23)14-26)20-13-24(29)28(15-20)21-7-4-6-18(11-21)25(27)30/h2-12,20H,13,15H2,1H3,(H2,27,30)/t20-/m0/s1. The number of rotatable bonds is 5. The van der Waals surface area contributed by atoms with Gasteiger partial charge in [-0.1, -0.05) is 42.1 Å². The molecule has 154 valence electrons. The lowest BCUT2D eigenvalue weighted by atomic mass is 9.97. The van der Waals surface area contributed by atoms with Gasteiger partial charge in [0.1, 0.15) is 6.07 Å². The fraction of sp³-hybridized carbons (Fsp3) is 0.160. The fourth-order valence-corrected chi connectivity index (χ4v) is 4.80. The Morgan fingerprint density at radius 3 is 2.65 bits per heavy atom. The number of nitrogens with zero attached hydrogens (tertiary/aromatic N) is 2. The Labute approximate surface area is 185 Å². The molecule has 5 nitrogen and oxygen atoms in total. The molecule has 1 atom stereocenters. The first-order valence-corrected chi connectivity index (χ1v) is 10.8. The van der Waals surface area contributed by atoms with Gasteiger partial charge in [-0.05, 0) is 54.4 Å². The number of carbonyl (C=O) groups is 2. The normalized spacial score (nSPS) is 15.7. The molecule has 1 fully saturated rings. The second-order valence-corrected chi connectivity index (χ2v) is 8.64. The highest BCUT2D eigenvalue weighted by Crippen LogP contribution is 2.37. The van der Waals surface area contributed by atoms with Gasteiger partial charge in [0.15, 0.2) is 0 Å². The molecule has 2 amide bonds. The summed E-state index contributed by atoms with van der Waals surface area (Å²) in [6, 6.07) is 23.0. The molecule has 6 heteroatoms. The van der Waals surface area contributed by atoms with Crippen molar-refractivity contribution >= 4 is 29.3 Å². The first-order chi connectivity index (χ1) is 15.0.